The van der Waals surface area contributed by atoms with E-state index in [4.69, 9.17) is 0 Å². The monoisotopic (exact) mass is 288 g/mol. The number of nitrogens with one attached hydrogen (secondary N) is 2. The van der Waals surface area contributed by atoms with Gasteiger partial charge < -0.3 is 10.3 Å². The molecule has 2 aromatic heterocycles. The third kappa shape index (κ3) is 2.30. The molecule has 2 N–H and O–H groups in total. The van der Waals surface area contributed by atoms with Gasteiger partial charge in [0.1, 0.15) is 0 Å². The Morgan fingerprint density at radius 3 is 3.15 bits per heavy atom. The Morgan fingerprint density at radius 2 is 2.25 bits per heavy atom. The number of aromatic nitrogens is 2. The van der Waals surface area contributed by atoms with Crippen LogP contribution >= 0.6 is 11.3 Å². The van der Waals surface area contributed by atoms with Crippen LogP contribution in [0.5, 0.6) is 0 Å². The van der Waals surface area contributed by atoms with Crippen LogP contribution in [0.15, 0.2) is 17.8 Å². The zero-order valence-corrected chi connectivity index (χ0v) is 12.4. The Hall–Kier alpha value is -1.17. The molecule has 4 rings (SSSR count). The molecule has 1 atom stereocenters. The Labute approximate surface area is 123 Å². The lowest BCUT2D eigenvalue weighted by atomic mass is 10.0. The van der Waals surface area contributed by atoms with Crippen molar-refractivity contribution in [1.29, 1.82) is 0 Å². The van der Waals surface area contributed by atoms with Crippen LogP contribution in [-0.4, -0.2) is 34.5 Å². The number of H-pyrrole nitrogens is 1. The number of hydrogen-bond acceptors (Lipinski definition) is 4. The van der Waals surface area contributed by atoms with E-state index in [1.165, 1.54) is 47.8 Å². The normalized spacial score (nSPS) is 23.1. The molecule has 2 aromatic rings. The van der Waals surface area contributed by atoms with E-state index in [0.29, 0.717) is 0 Å². The largest absolute Gasteiger partial charge is 0.348 e. The van der Waals surface area contributed by atoms with E-state index in [1.54, 1.807) is 0 Å². The van der Waals surface area contributed by atoms with E-state index in [2.05, 4.69) is 31.6 Å². The summed E-state index contributed by atoms with van der Waals surface area (Å²) in [4.78, 5) is 11.7. The second kappa shape index (κ2) is 5.31. The van der Waals surface area contributed by atoms with Crippen molar-refractivity contribution in [2.45, 2.75) is 31.8 Å². The quantitative estimate of drug-likeness (QED) is 0.911. The molecule has 0 bridgehead atoms. The average Bonchev–Trinajstić information content (AvgIpc) is 3.19. The highest BCUT2D eigenvalue weighted by atomic mass is 32.1. The van der Waals surface area contributed by atoms with E-state index in [0.717, 1.165) is 19.5 Å². The zero-order chi connectivity index (χ0) is 13.4. The molecule has 4 heterocycles. The Balaban J connectivity index is 1.54. The number of imidazole rings is 1. The summed E-state index contributed by atoms with van der Waals surface area (Å²) >= 11 is 1.86. The van der Waals surface area contributed by atoms with Crippen molar-refractivity contribution in [3.63, 3.8) is 0 Å². The van der Waals surface area contributed by atoms with Gasteiger partial charge in [0.15, 0.2) is 0 Å². The molecule has 0 unspecified atom stereocenters. The average molecular weight is 288 g/mol. The fourth-order valence-electron chi connectivity index (χ4n) is 3.28. The molecule has 1 fully saturated rings. The summed E-state index contributed by atoms with van der Waals surface area (Å²) in [5, 5.41) is 5.91. The smallest absolute Gasteiger partial charge is 0.0926 e. The van der Waals surface area contributed by atoms with Gasteiger partial charge in [-0.15, -0.1) is 11.3 Å². The molecule has 0 amide bonds. The first-order chi connectivity index (χ1) is 9.90. The van der Waals surface area contributed by atoms with E-state index >= 15 is 0 Å². The maximum atomic E-state index is 4.51. The van der Waals surface area contributed by atoms with Crippen molar-refractivity contribution in [2.24, 2.45) is 0 Å². The number of thiophene rings is 1. The van der Waals surface area contributed by atoms with Crippen molar-refractivity contribution in [1.82, 2.24) is 20.2 Å². The first kappa shape index (κ1) is 12.6. The Bertz CT molecular complexity index is 582. The molecule has 1 saturated heterocycles. The van der Waals surface area contributed by atoms with Gasteiger partial charge in [0.05, 0.1) is 18.1 Å². The van der Waals surface area contributed by atoms with Crippen LogP contribution < -0.4 is 5.32 Å². The summed E-state index contributed by atoms with van der Waals surface area (Å²) in [6, 6.07) is 2.65. The van der Waals surface area contributed by atoms with Crippen molar-refractivity contribution >= 4 is 11.3 Å². The number of hydrogen-bond donors (Lipinski definition) is 2. The molecule has 106 valence electrons. The van der Waals surface area contributed by atoms with Crippen molar-refractivity contribution in [2.75, 3.05) is 19.6 Å². The van der Waals surface area contributed by atoms with Gasteiger partial charge in [0, 0.05) is 30.1 Å². The van der Waals surface area contributed by atoms with Crippen molar-refractivity contribution < 1.29 is 0 Å². The number of nitrogens with zero attached hydrogens (tertiary/aromatic N) is 2. The molecular weight excluding hydrogens is 268 g/mol. The Morgan fingerprint density at radius 1 is 1.35 bits per heavy atom. The topological polar surface area (TPSA) is 44.0 Å². The van der Waals surface area contributed by atoms with Gasteiger partial charge in [-0.3, -0.25) is 4.90 Å². The third-order valence-electron chi connectivity index (χ3n) is 4.31. The molecule has 0 spiro atoms. The minimum atomic E-state index is 0.280. The zero-order valence-electron chi connectivity index (χ0n) is 11.6. The van der Waals surface area contributed by atoms with E-state index in [1.807, 2.05) is 17.7 Å². The number of likely N-dealkylation sites (tertiary alicyclic amines) is 1. The molecule has 2 aliphatic heterocycles. The summed E-state index contributed by atoms with van der Waals surface area (Å²) in [6.45, 7) is 4.66. The van der Waals surface area contributed by atoms with Gasteiger partial charge >= 0.3 is 0 Å². The SMILES string of the molecule is c1nc2c([nH]1)CCN[C@@H]2c1cc(CN2CCCC2)cs1. The predicted molar refractivity (Wildman–Crippen MR) is 81.0 cm³/mol. The lowest BCUT2D eigenvalue weighted by Crippen LogP contribution is -2.30. The van der Waals surface area contributed by atoms with Crippen LogP contribution in [-0.2, 0) is 13.0 Å². The van der Waals surface area contributed by atoms with Crippen LogP contribution in [0.2, 0.25) is 0 Å². The van der Waals surface area contributed by atoms with Crippen molar-refractivity contribution in [3.05, 3.63) is 39.6 Å². The van der Waals surface area contributed by atoms with Gasteiger partial charge in [-0.1, -0.05) is 0 Å². The van der Waals surface area contributed by atoms with Gasteiger partial charge in [0.2, 0.25) is 0 Å². The van der Waals surface area contributed by atoms with E-state index < -0.39 is 0 Å². The maximum absolute atomic E-state index is 4.51. The molecular formula is C15H20N4S. The lowest BCUT2D eigenvalue weighted by Gasteiger charge is -2.21. The summed E-state index contributed by atoms with van der Waals surface area (Å²) in [5.41, 5.74) is 3.94. The highest BCUT2D eigenvalue weighted by Crippen LogP contribution is 2.31. The second-order valence-corrected chi connectivity index (χ2v) is 6.69. The molecule has 5 heteroatoms. The third-order valence-corrected chi connectivity index (χ3v) is 5.36. The number of rotatable bonds is 3. The summed E-state index contributed by atoms with van der Waals surface area (Å²) in [5.74, 6) is 0. The summed E-state index contributed by atoms with van der Waals surface area (Å²) < 4.78 is 0. The van der Waals surface area contributed by atoms with Gasteiger partial charge in [-0.2, -0.15) is 0 Å². The van der Waals surface area contributed by atoms with Gasteiger partial charge in [-0.25, -0.2) is 4.98 Å². The minimum Gasteiger partial charge on any atom is -0.348 e. The highest BCUT2D eigenvalue weighted by Gasteiger charge is 2.25. The van der Waals surface area contributed by atoms with E-state index in [9.17, 15) is 0 Å². The maximum Gasteiger partial charge on any atom is 0.0926 e. The van der Waals surface area contributed by atoms with Crippen LogP contribution in [0.1, 0.15) is 40.7 Å². The fourth-order valence-corrected chi connectivity index (χ4v) is 4.26. The first-order valence-corrected chi connectivity index (χ1v) is 8.33. The standard InChI is InChI=1S/C15H20N4S/c1-2-6-19(5-1)8-11-7-13(20-9-11)15-14-12(3-4-16-15)17-10-18-14/h7,9-10,15-16H,1-6,8H2,(H,17,18)/t15-/m1/s1. The molecule has 0 aromatic carbocycles. The molecule has 0 aliphatic carbocycles. The van der Waals surface area contributed by atoms with E-state index in [-0.39, 0.29) is 6.04 Å². The van der Waals surface area contributed by atoms with Crippen LogP contribution in [0.25, 0.3) is 0 Å². The summed E-state index contributed by atoms with van der Waals surface area (Å²) in [7, 11) is 0. The van der Waals surface area contributed by atoms with Gasteiger partial charge in [0.25, 0.3) is 0 Å². The predicted octanol–water partition coefficient (Wildman–Crippen LogP) is 2.30. The lowest BCUT2D eigenvalue weighted by molar-refractivity contribution is 0.332. The molecule has 20 heavy (non-hydrogen) atoms. The number of fused-ring (bicyclic) bond motifs is 1. The molecule has 4 nitrogen and oxygen atoms in total. The fraction of sp³-hybridized carbons (Fsp3) is 0.533. The van der Waals surface area contributed by atoms with Gasteiger partial charge in [-0.05, 0) is 42.9 Å². The first-order valence-electron chi connectivity index (χ1n) is 7.45. The molecule has 0 radical (unpaired) electrons. The van der Waals surface area contributed by atoms with Crippen LogP contribution in [0, 0.1) is 0 Å². The van der Waals surface area contributed by atoms with Crippen molar-refractivity contribution in [3.8, 4) is 0 Å². The summed E-state index contributed by atoms with van der Waals surface area (Å²) in [6.07, 6.45) is 5.59. The highest BCUT2D eigenvalue weighted by molar-refractivity contribution is 7.10. The molecule has 2 aliphatic rings. The molecule has 0 saturated carbocycles. The van der Waals surface area contributed by atoms with Crippen LogP contribution in [0.3, 0.4) is 0 Å². The van der Waals surface area contributed by atoms with Crippen LogP contribution in [0.4, 0.5) is 0 Å². The number of aromatic amines is 1. The Kier molecular flexibility index (Phi) is 3.34. The minimum absolute atomic E-state index is 0.280. The second-order valence-electron chi connectivity index (χ2n) is 5.74.